The second-order valence-corrected chi connectivity index (χ2v) is 5.24. The second kappa shape index (κ2) is 5.91. The number of aryl methyl sites for hydroxylation is 1. The molecule has 0 radical (unpaired) electrons. The quantitative estimate of drug-likeness (QED) is 0.869. The van der Waals surface area contributed by atoms with Crippen molar-refractivity contribution in [3.8, 4) is 0 Å². The Morgan fingerprint density at radius 2 is 1.79 bits per heavy atom. The smallest absolute Gasteiger partial charge is 0.126 e. The Balaban J connectivity index is 2.25. The molecule has 1 N–H and O–H groups in total. The van der Waals surface area contributed by atoms with E-state index < -0.39 is 6.10 Å². The van der Waals surface area contributed by atoms with Crippen molar-refractivity contribution < 1.29 is 9.50 Å². The summed E-state index contributed by atoms with van der Waals surface area (Å²) in [6.07, 6.45) is -0.472. The molecule has 19 heavy (non-hydrogen) atoms. The van der Waals surface area contributed by atoms with Crippen LogP contribution in [0.1, 0.15) is 22.8 Å². The topological polar surface area (TPSA) is 20.2 Å². The molecule has 1 unspecified atom stereocenters. The molecule has 0 bridgehead atoms. The van der Waals surface area contributed by atoms with Gasteiger partial charge in [-0.3, -0.25) is 0 Å². The maximum atomic E-state index is 13.2. The minimum Gasteiger partial charge on any atom is -0.388 e. The number of hydrogen-bond acceptors (Lipinski definition) is 1. The van der Waals surface area contributed by atoms with E-state index in [1.807, 2.05) is 0 Å². The van der Waals surface area contributed by atoms with E-state index in [0.717, 1.165) is 0 Å². The SMILES string of the molecule is Cc1cc(C(O)Cc2c(Cl)cccc2Cl)ccc1F. The highest BCUT2D eigenvalue weighted by Gasteiger charge is 2.14. The van der Waals surface area contributed by atoms with Gasteiger partial charge in [0.2, 0.25) is 0 Å². The minimum atomic E-state index is -0.767. The Morgan fingerprint density at radius 3 is 2.37 bits per heavy atom. The summed E-state index contributed by atoms with van der Waals surface area (Å²) in [6.45, 7) is 1.66. The van der Waals surface area contributed by atoms with E-state index in [1.165, 1.54) is 6.07 Å². The van der Waals surface area contributed by atoms with Crippen LogP contribution in [0.3, 0.4) is 0 Å². The molecular formula is C15H13Cl2FO. The van der Waals surface area contributed by atoms with Crippen LogP contribution < -0.4 is 0 Å². The van der Waals surface area contributed by atoms with E-state index in [9.17, 15) is 9.50 Å². The van der Waals surface area contributed by atoms with Crippen LogP contribution in [0.2, 0.25) is 10.0 Å². The molecule has 1 atom stereocenters. The molecular weight excluding hydrogens is 286 g/mol. The van der Waals surface area contributed by atoms with Crippen molar-refractivity contribution in [1.29, 1.82) is 0 Å². The highest BCUT2D eigenvalue weighted by atomic mass is 35.5. The van der Waals surface area contributed by atoms with Crippen LogP contribution in [0.15, 0.2) is 36.4 Å². The molecule has 0 heterocycles. The number of aliphatic hydroxyl groups is 1. The number of hydrogen-bond donors (Lipinski definition) is 1. The van der Waals surface area contributed by atoms with Crippen LogP contribution in [-0.2, 0) is 6.42 Å². The fourth-order valence-corrected chi connectivity index (χ4v) is 2.47. The Kier molecular flexibility index (Phi) is 4.46. The van der Waals surface area contributed by atoms with Crippen LogP contribution in [0.25, 0.3) is 0 Å². The lowest BCUT2D eigenvalue weighted by Crippen LogP contribution is -2.03. The minimum absolute atomic E-state index is 0.285. The summed E-state index contributed by atoms with van der Waals surface area (Å²) in [4.78, 5) is 0. The third-order valence-electron chi connectivity index (χ3n) is 3.03. The van der Waals surface area contributed by atoms with E-state index in [1.54, 1.807) is 37.3 Å². The molecule has 0 fully saturated rings. The molecule has 0 amide bonds. The standard InChI is InChI=1S/C15H13Cl2FO/c1-9-7-10(5-6-14(9)18)15(19)8-11-12(16)3-2-4-13(11)17/h2-7,15,19H,8H2,1H3. The van der Waals surface area contributed by atoms with Crippen molar-refractivity contribution in [2.75, 3.05) is 0 Å². The molecule has 2 aromatic carbocycles. The summed E-state index contributed by atoms with van der Waals surface area (Å²) in [5.74, 6) is -0.285. The van der Waals surface area contributed by atoms with Gasteiger partial charge in [-0.1, -0.05) is 41.4 Å². The van der Waals surface area contributed by atoms with Gasteiger partial charge >= 0.3 is 0 Å². The first-order valence-corrected chi connectivity index (χ1v) is 6.61. The van der Waals surface area contributed by atoms with Crippen LogP contribution in [0.4, 0.5) is 4.39 Å². The number of benzene rings is 2. The maximum Gasteiger partial charge on any atom is 0.126 e. The summed E-state index contributed by atoms with van der Waals surface area (Å²) in [5, 5.41) is 11.2. The van der Waals surface area contributed by atoms with Gasteiger partial charge in [-0.2, -0.15) is 0 Å². The Labute approximate surface area is 121 Å². The van der Waals surface area contributed by atoms with Crippen LogP contribution in [0.5, 0.6) is 0 Å². The molecule has 0 aliphatic heterocycles. The highest BCUT2D eigenvalue weighted by Crippen LogP contribution is 2.29. The summed E-state index contributed by atoms with van der Waals surface area (Å²) < 4.78 is 13.2. The Morgan fingerprint density at radius 1 is 1.16 bits per heavy atom. The van der Waals surface area contributed by atoms with Gasteiger partial charge < -0.3 is 5.11 Å². The van der Waals surface area contributed by atoms with Gasteiger partial charge in [0, 0.05) is 16.5 Å². The molecule has 1 nitrogen and oxygen atoms in total. The van der Waals surface area contributed by atoms with Crippen molar-refractivity contribution in [2.24, 2.45) is 0 Å². The highest BCUT2D eigenvalue weighted by molar-refractivity contribution is 6.35. The zero-order valence-electron chi connectivity index (χ0n) is 10.3. The first kappa shape index (κ1) is 14.3. The summed E-state index contributed by atoms with van der Waals surface area (Å²) >= 11 is 12.1. The van der Waals surface area contributed by atoms with Crippen LogP contribution >= 0.6 is 23.2 Å². The van der Waals surface area contributed by atoms with Gasteiger partial charge in [0.25, 0.3) is 0 Å². The maximum absolute atomic E-state index is 13.2. The van der Waals surface area contributed by atoms with E-state index in [2.05, 4.69) is 0 Å². The lowest BCUT2D eigenvalue weighted by molar-refractivity contribution is 0.178. The lowest BCUT2D eigenvalue weighted by atomic mass is 10.00. The fraction of sp³-hybridized carbons (Fsp3) is 0.200. The third kappa shape index (κ3) is 3.27. The third-order valence-corrected chi connectivity index (χ3v) is 3.73. The van der Waals surface area contributed by atoms with Crippen molar-refractivity contribution in [2.45, 2.75) is 19.4 Å². The van der Waals surface area contributed by atoms with E-state index >= 15 is 0 Å². The van der Waals surface area contributed by atoms with Gasteiger partial charge in [-0.05, 0) is 41.8 Å². The van der Waals surface area contributed by atoms with E-state index in [4.69, 9.17) is 23.2 Å². The average Bonchev–Trinajstić information content (AvgIpc) is 2.37. The largest absolute Gasteiger partial charge is 0.388 e. The fourth-order valence-electron chi connectivity index (χ4n) is 1.91. The molecule has 0 saturated heterocycles. The monoisotopic (exact) mass is 298 g/mol. The molecule has 0 aliphatic rings. The molecule has 0 spiro atoms. The van der Waals surface area contributed by atoms with Gasteiger partial charge in [0.1, 0.15) is 5.82 Å². The zero-order chi connectivity index (χ0) is 14.0. The summed E-state index contributed by atoms with van der Waals surface area (Å²) in [5.41, 5.74) is 1.84. The molecule has 2 aromatic rings. The molecule has 0 aromatic heterocycles. The van der Waals surface area contributed by atoms with Crippen molar-refractivity contribution >= 4 is 23.2 Å². The average molecular weight is 299 g/mol. The number of aliphatic hydroxyl groups excluding tert-OH is 1. The Hall–Kier alpha value is -1.09. The molecule has 100 valence electrons. The first-order chi connectivity index (χ1) is 8.99. The number of halogens is 3. The predicted molar refractivity (Wildman–Crippen MR) is 76.3 cm³/mol. The zero-order valence-corrected chi connectivity index (χ0v) is 11.8. The summed E-state index contributed by atoms with van der Waals surface area (Å²) in [6, 6.07) is 9.75. The summed E-state index contributed by atoms with van der Waals surface area (Å²) in [7, 11) is 0. The van der Waals surface area contributed by atoms with Gasteiger partial charge in [0.15, 0.2) is 0 Å². The predicted octanol–water partition coefficient (Wildman–Crippen LogP) is 4.72. The van der Waals surface area contributed by atoms with Crippen LogP contribution in [0, 0.1) is 12.7 Å². The number of rotatable bonds is 3. The second-order valence-electron chi connectivity index (χ2n) is 4.43. The lowest BCUT2D eigenvalue weighted by Gasteiger charge is -2.14. The van der Waals surface area contributed by atoms with E-state index in [0.29, 0.717) is 33.2 Å². The molecule has 0 aliphatic carbocycles. The van der Waals surface area contributed by atoms with Crippen LogP contribution in [-0.4, -0.2) is 5.11 Å². The molecule has 4 heteroatoms. The van der Waals surface area contributed by atoms with Gasteiger partial charge in [-0.25, -0.2) is 4.39 Å². The van der Waals surface area contributed by atoms with Crippen molar-refractivity contribution in [1.82, 2.24) is 0 Å². The first-order valence-electron chi connectivity index (χ1n) is 5.86. The molecule has 2 rings (SSSR count). The van der Waals surface area contributed by atoms with Gasteiger partial charge in [0.05, 0.1) is 6.10 Å². The normalized spacial score (nSPS) is 12.5. The Bertz CT molecular complexity index is 578. The van der Waals surface area contributed by atoms with Gasteiger partial charge in [-0.15, -0.1) is 0 Å². The van der Waals surface area contributed by atoms with Crippen molar-refractivity contribution in [3.63, 3.8) is 0 Å². The van der Waals surface area contributed by atoms with E-state index in [-0.39, 0.29) is 5.82 Å². The van der Waals surface area contributed by atoms with Crippen molar-refractivity contribution in [3.05, 3.63) is 69.0 Å². The molecule has 0 saturated carbocycles.